The molecule has 1 unspecified atom stereocenters. The number of nitrogens with zero attached hydrogens (tertiary/aromatic N) is 13. The standard InChI is InChI=1S/C29H31N5O2S.C23H28BN3O3.C12H14BrN3O.C11H13BrN4O.C6H3BrClN3.C5H11NO/c1-18-5-6-22(32-28(35)21-7-9-31-25(14-21)29(3,4)17-30)15-23(18)24-13-20-8-12-37-26(20)27(33-24)34-10-11-36-16-19(34)2;1-15-8-9-17(13-18(15)24-29-22(4,5)23(6,7)30-24)27-20(28)16-10-11-26-19(12-16)21(2,3)14-25;1-7-5-17-3-2-8(7)11-12-9(14-6-15-12)4-10(13)16-11;1-7-5-17-3-2-16(7)11-10-8(13-6-14-10)4-9(12)15-11;7-4-1-3-5(6(8)11-4)10-2-9-3;1-5-4-7-3-2-6-5/h5-7,9,13-15,19H,8,10-12,16H2,1-4H3,(H,32,35);8-13H,1-7H3,(H,27,28);4,6-8H,2-3,5H2,1H3,(H,14,15);4,6-7H,2-3,5H2,1H3,(H,13,14);1-2H,(H,9,10);5-6H,2-4H2,1H3/t19-;;7-,8?;7-;;5-/m1.11.1/s1. The zero-order valence-corrected chi connectivity index (χ0v) is 75.7. The van der Waals surface area contributed by atoms with E-state index in [4.69, 9.17) is 44.8 Å². The fourth-order valence-corrected chi connectivity index (χ4v) is 16.7. The molecule has 624 valence electrons. The first-order valence-corrected chi connectivity index (χ1v) is 43.4. The van der Waals surface area contributed by atoms with Crippen LogP contribution >= 0.6 is 71.2 Å². The molecule has 119 heavy (non-hydrogen) atoms. The topological polar surface area (TPSA) is 343 Å². The summed E-state index contributed by atoms with van der Waals surface area (Å²) in [5, 5.41) is 28.4. The van der Waals surface area contributed by atoms with Crippen molar-refractivity contribution in [3.05, 3.63) is 180 Å². The van der Waals surface area contributed by atoms with Crippen molar-refractivity contribution in [2.45, 2.75) is 161 Å². The number of aromatic nitrogens is 12. The van der Waals surface area contributed by atoms with Crippen LogP contribution in [0, 0.1) is 42.4 Å². The normalized spacial score (nSPS) is 19.3. The van der Waals surface area contributed by atoms with E-state index in [1.807, 2.05) is 101 Å². The number of nitriles is 2. The number of carbonyl (C=O) groups excluding carboxylic acids is 2. The van der Waals surface area contributed by atoms with Crippen LogP contribution in [0.3, 0.4) is 0 Å². The summed E-state index contributed by atoms with van der Waals surface area (Å²) in [5.74, 6) is 3.45. The summed E-state index contributed by atoms with van der Waals surface area (Å²) in [6.07, 6.45) is 10.2. The first kappa shape index (κ1) is 89.4. The molecule has 5 saturated heterocycles. The van der Waals surface area contributed by atoms with Gasteiger partial charge in [-0.05, 0) is 246 Å². The molecule has 6 aliphatic heterocycles. The van der Waals surface area contributed by atoms with Crippen LogP contribution in [0.2, 0.25) is 5.15 Å². The zero-order chi connectivity index (χ0) is 85.1. The number of ether oxygens (including phenoxy) is 4. The number of nitrogens with one attached hydrogen (secondary N) is 6. The summed E-state index contributed by atoms with van der Waals surface area (Å²) in [4.78, 5) is 80.6. The highest BCUT2D eigenvalue weighted by Crippen LogP contribution is 2.43. The second-order valence-corrected chi connectivity index (χ2v) is 36.1. The molecular formula is C86H100BBr3ClN19O8S. The lowest BCUT2D eigenvalue weighted by Crippen LogP contribution is -2.44. The second-order valence-electron chi connectivity index (χ2n) is 32.2. The molecule has 9 aromatic heterocycles. The molecule has 33 heteroatoms. The van der Waals surface area contributed by atoms with Crippen molar-refractivity contribution in [3.8, 4) is 23.4 Å². The van der Waals surface area contributed by atoms with Crippen molar-refractivity contribution in [1.82, 2.24) is 65.1 Å². The molecule has 27 nitrogen and oxygen atoms in total. The first-order chi connectivity index (χ1) is 56.8. The van der Waals surface area contributed by atoms with Crippen LogP contribution in [0.4, 0.5) is 23.0 Å². The van der Waals surface area contributed by atoms with Crippen LogP contribution in [-0.4, -0.2) is 186 Å². The fourth-order valence-electron chi connectivity index (χ4n) is 14.0. The number of morpholine rings is 3. The second kappa shape index (κ2) is 39.3. The molecule has 0 bridgehead atoms. The maximum Gasteiger partial charge on any atom is 0.495 e. The predicted octanol–water partition coefficient (Wildman–Crippen LogP) is 16.3. The number of thioether (sulfide) groups is 1. The number of hydrogen-bond acceptors (Lipinski definition) is 23. The Balaban J connectivity index is 0.000000141. The van der Waals surface area contributed by atoms with Gasteiger partial charge in [0.25, 0.3) is 11.8 Å². The van der Waals surface area contributed by atoms with Gasteiger partial charge >= 0.3 is 7.12 Å². The number of anilines is 4. The van der Waals surface area contributed by atoms with E-state index in [0.29, 0.717) is 86.3 Å². The molecule has 5 atom stereocenters. The molecule has 0 aliphatic carbocycles. The third-order valence-corrected chi connectivity index (χ3v) is 24.4. The Kier molecular flexibility index (Phi) is 29.5. The van der Waals surface area contributed by atoms with E-state index in [0.717, 1.165) is 160 Å². The van der Waals surface area contributed by atoms with Gasteiger partial charge in [0.2, 0.25) is 0 Å². The number of H-pyrrole nitrogens is 3. The summed E-state index contributed by atoms with van der Waals surface area (Å²) in [6, 6.07) is 31.8. The van der Waals surface area contributed by atoms with Crippen molar-refractivity contribution in [3.63, 3.8) is 0 Å². The van der Waals surface area contributed by atoms with E-state index >= 15 is 0 Å². The minimum atomic E-state index is -0.777. The number of pyridine rings is 6. The third-order valence-electron chi connectivity index (χ3n) is 21.8. The summed E-state index contributed by atoms with van der Waals surface area (Å²) >= 11 is 17.8. The van der Waals surface area contributed by atoms with Gasteiger partial charge < -0.3 is 69.0 Å². The Hall–Kier alpha value is -8.87. The monoisotopic (exact) mass is 1840 g/mol. The van der Waals surface area contributed by atoms with Gasteiger partial charge in [0.05, 0.1) is 149 Å². The summed E-state index contributed by atoms with van der Waals surface area (Å²) in [7, 11) is -0.504. The highest BCUT2D eigenvalue weighted by molar-refractivity contribution is 9.11. The van der Waals surface area contributed by atoms with Crippen LogP contribution in [-0.2, 0) is 45.5 Å². The third kappa shape index (κ3) is 21.9. The number of fused-ring (bicyclic) bond motifs is 4. The van der Waals surface area contributed by atoms with Gasteiger partial charge in [-0.2, -0.15) is 10.5 Å². The Morgan fingerprint density at radius 1 is 0.605 bits per heavy atom. The van der Waals surface area contributed by atoms with E-state index < -0.39 is 29.2 Å². The van der Waals surface area contributed by atoms with E-state index in [-0.39, 0.29) is 17.9 Å². The number of carbonyl (C=O) groups is 2. The largest absolute Gasteiger partial charge is 0.495 e. The SMILES string of the molecule is C[C@@H]1COCCC1c1nc(Br)cc2[nH]cnc12.C[C@@H]1COCCN1.C[C@@H]1COCCN1c1nc(Br)cc2[nH]cnc12.Cc1ccc(NC(=O)c2ccnc(C(C)(C)C#N)c2)cc1-c1cc2c(c(N3CCOC[C@H]3C)n1)SCC2.Cc1ccc(NC(=O)c2ccnc(C(C)(C)C#N)c2)cc1B1OC(C)(C)C(C)(C)O1.Clc1nc(Br)cc2[nH]cnc12. The molecular weight excluding hydrogens is 1750 g/mol. The number of hydrogen-bond donors (Lipinski definition) is 6. The average molecular weight is 1850 g/mol. The summed E-state index contributed by atoms with van der Waals surface area (Å²) < 4.78 is 36.5. The smallest absolute Gasteiger partial charge is 0.399 e. The van der Waals surface area contributed by atoms with E-state index in [2.05, 4.69) is 181 Å². The van der Waals surface area contributed by atoms with Gasteiger partial charge in [0, 0.05) is 91.0 Å². The number of amides is 2. The molecule has 5 fully saturated rings. The molecule has 0 saturated carbocycles. The average Bonchev–Trinajstić information content (AvgIpc) is 1.47. The maximum atomic E-state index is 13.1. The molecule has 2 aromatic carbocycles. The zero-order valence-electron chi connectivity index (χ0n) is 69.3. The molecule has 0 spiro atoms. The first-order valence-electron chi connectivity index (χ1n) is 39.6. The van der Waals surface area contributed by atoms with Crippen LogP contribution in [0.1, 0.15) is 150 Å². The highest BCUT2D eigenvalue weighted by Gasteiger charge is 2.52. The lowest BCUT2D eigenvalue weighted by atomic mass is 9.76. The van der Waals surface area contributed by atoms with Crippen LogP contribution in [0.5, 0.6) is 0 Å². The Morgan fingerprint density at radius 2 is 1.13 bits per heavy atom. The van der Waals surface area contributed by atoms with Gasteiger partial charge in [-0.3, -0.25) is 19.6 Å². The minimum absolute atomic E-state index is 0.242. The number of benzene rings is 2. The van der Waals surface area contributed by atoms with E-state index in [9.17, 15) is 20.1 Å². The molecule has 2 amide bonds. The number of rotatable bonds is 11. The van der Waals surface area contributed by atoms with Gasteiger partial charge in [0.15, 0.2) is 11.0 Å². The number of aryl methyl sites for hydroxylation is 3. The van der Waals surface area contributed by atoms with Crippen LogP contribution in [0.15, 0.2) is 135 Å². The van der Waals surface area contributed by atoms with E-state index in [1.54, 1.807) is 83.3 Å². The molecule has 6 N–H and O–H groups in total. The van der Waals surface area contributed by atoms with Gasteiger partial charge in [-0.1, -0.05) is 36.2 Å². The Labute approximate surface area is 728 Å². The number of aromatic amines is 3. The van der Waals surface area contributed by atoms with Crippen molar-refractivity contribution in [2.75, 3.05) is 98.7 Å². The van der Waals surface area contributed by atoms with Crippen molar-refractivity contribution < 1.29 is 37.8 Å². The van der Waals surface area contributed by atoms with Crippen LogP contribution in [0.25, 0.3) is 44.4 Å². The van der Waals surface area contributed by atoms with Crippen molar-refractivity contribution in [2.24, 2.45) is 5.92 Å². The number of halogens is 4. The predicted molar refractivity (Wildman–Crippen MR) is 478 cm³/mol. The highest BCUT2D eigenvalue weighted by atomic mass is 79.9. The molecule has 0 radical (unpaired) electrons. The molecule has 11 aromatic rings. The summed E-state index contributed by atoms with van der Waals surface area (Å²) in [5.41, 5.74) is 13.8. The Morgan fingerprint density at radius 3 is 1.68 bits per heavy atom. The summed E-state index contributed by atoms with van der Waals surface area (Å²) in [6.45, 7) is 36.9. The molecule has 6 aliphatic rings. The maximum absolute atomic E-state index is 13.1. The van der Waals surface area contributed by atoms with Gasteiger partial charge in [-0.15, -0.1) is 11.8 Å². The molecule has 15 heterocycles. The Bertz CT molecular complexity index is 5410. The molecule has 17 rings (SSSR count). The van der Waals surface area contributed by atoms with Crippen molar-refractivity contribution >= 4 is 152 Å². The van der Waals surface area contributed by atoms with Crippen LogP contribution < -0.4 is 31.2 Å². The fraction of sp³-hybridized carbons (Fsp3) is 0.430. The lowest BCUT2D eigenvalue weighted by Gasteiger charge is -2.35. The van der Waals surface area contributed by atoms with Gasteiger partial charge in [0.1, 0.15) is 36.2 Å². The van der Waals surface area contributed by atoms with Gasteiger partial charge in [-0.25, -0.2) is 34.9 Å². The van der Waals surface area contributed by atoms with Crippen molar-refractivity contribution in [1.29, 1.82) is 10.5 Å². The van der Waals surface area contributed by atoms with E-state index in [1.165, 1.54) is 10.5 Å². The quantitative estimate of drug-likeness (QED) is 0.0517. The minimum Gasteiger partial charge on any atom is -0.399 e. The lowest BCUT2D eigenvalue weighted by molar-refractivity contribution is 0.00578. The number of imidazole rings is 3.